The number of hydrogen-bond donors (Lipinski definition) is 0. The molecule has 0 radical (unpaired) electrons. The summed E-state index contributed by atoms with van der Waals surface area (Å²) in [6, 6.07) is 7.80. The molecule has 26 heavy (non-hydrogen) atoms. The number of benzene rings is 1. The zero-order valence-electron chi connectivity index (χ0n) is 14.5. The van der Waals surface area contributed by atoms with Crippen LogP contribution in [-0.4, -0.2) is 44.2 Å². The van der Waals surface area contributed by atoms with Crippen LogP contribution in [0, 0.1) is 0 Å². The Bertz CT molecular complexity index is 920. The van der Waals surface area contributed by atoms with Crippen LogP contribution >= 0.6 is 0 Å². The van der Waals surface area contributed by atoms with Gasteiger partial charge in [0.05, 0.1) is 43.3 Å². The van der Waals surface area contributed by atoms with Gasteiger partial charge in [0.1, 0.15) is 5.75 Å². The number of methoxy groups -OCH3 is 1. The van der Waals surface area contributed by atoms with E-state index in [4.69, 9.17) is 4.74 Å². The van der Waals surface area contributed by atoms with Crippen LogP contribution in [0.15, 0.2) is 49.1 Å². The Morgan fingerprint density at radius 1 is 1.15 bits per heavy atom. The third kappa shape index (κ3) is 3.28. The van der Waals surface area contributed by atoms with Crippen molar-refractivity contribution in [1.29, 1.82) is 0 Å². The highest BCUT2D eigenvalue weighted by atomic mass is 16.5. The third-order valence-corrected chi connectivity index (χ3v) is 4.49. The Hall–Kier alpha value is -3.22. The number of hydrogen-bond acceptors (Lipinski definition) is 5. The molecular formula is C19H19N5O2. The maximum absolute atomic E-state index is 12.8. The number of aromatic nitrogens is 4. The Labute approximate surface area is 151 Å². The molecule has 1 aliphatic rings. The molecule has 3 heterocycles. The van der Waals surface area contributed by atoms with E-state index in [1.165, 1.54) is 0 Å². The Morgan fingerprint density at radius 2 is 1.92 bits per heavy atom. The van der Waals surface area contributed by atoms with Crippen molar-refractivity contribution < 1.29 is 9.53 Å². The summed E-state index contributed by atoms with van der Waals surface area (Å²) in [4.78, 5) is 23.2. The minimum atomic E-state index is -0.0257. The predicted octanol–water partition coefficient (Wildman–Crippen LogP) is 1.93. The standard InChI is InChI=1S/C19H19N5O2/c1-26-16-4-2-14(3-5-16)11-24-12-15(10-22-24)19(25)23-9-6-17-18(13-23)21-8-7-20-17/h2-5,7-8,10,12H,6,9,11,13H2,1H3. The molecule has 0 bridgehead atoms. The zero-order valence-corrected chi connectivity index (χ0v) is 14.5. The highest BCUT2D eigenvalue weighted by Gasteiger charge is 2.24. The van der Waals surface area contributed by atoms with Gasteiger partial charge in [0.15, 0.2) is 0 Å². The molecule has 0 atom stereocenters. The second kappa shape index (κ2) is 6.95. The molecule has 2 aromatic heterocycles. The van der Waals surface area contributed by atoms with E-state index in [9.17, 15) is 4.79 Å². The SMILES string of the molecule is COc1ccc(Cn2cc(C(=O)N3CCc4nccnc4C3)cn2)cc1. The summed E-state index contributed by atoms with van der Waals surface area (Å²) in [5, 5.41) is 4.32. The van der Waals surface area contributed by atoms with Crippen molar-refractivity contribution in [1.82, 2.24) is 24.6 Å². The van der Waals surface area contributed by atoms with Crippen LogP contribution in [0.2, 0.25) is 0 Å². The summed E-state index contributed by atoms with van der Waals surface area (Å²) >= 11 is 0. The van der Waals surface area contributed by atoms with Crippen molar-refractivity contribution in [2.45, 2.75) is 19.5 Å². The molecule has 7 heteroatoms. The molecule has 0 aliphatic carbocycles. The van der Waals surface area contributed by atoms with Crippen molar-refractivity contribution in [3.05, 3.63) is 71.6 Å². The minimum absolute atomic E-state index is 0.0257. The fourth-order valence-corrected chi connectivity index (χ4v) is 3.07. The number of amides is 1. The molecule has 0 N–H and O–H groups in total. The largest absolute Gasteiger partial charge is 0.497 e. The van der Waals surface area contributed by atoms with Crippen LogP contribution in [0.5, 0.6) is 5.75 Å². The van der Waals surface area contributed by atoms with Crippen LogP contribution in [0.25, 0.3) is 0 Å². The van der Waals surface area contributed by atoms with Crippen LogP contribution < -0.4 is 4.74 Å². The summed E-state index contributed by atoms with van der Waals surface area (Å²) in [6.07, 6.45) is 7.50. The maximum Gasteiger partial charge on any atom is 0.257 e. The first-order chi connectivity index (χ1) is 12.7. The number of nitrogens with zero attached hydrogens (tertiary/aromatic N) is 5. The van der Waals surface area contributed by atoms with Gasteiger partial charge < -0.3 is 9.64 Å². The zero-order chi connectivity index (χ0) is 17.9. The summed E-state index contributed by atoms with van der Waals surface area (Å²) in [5.41, 5.74) is 3.53. The molecule has 0 saturated heterocycles. The lowest BCUT2D eigenvalue weighted by molar-refractivity contribution is 0.0730. The van der Waals surface area contributed by atoms with Gasteiger partial charge in [-0.2, -0.15) is 5.10 Å². The van der Waals surface area contributed by atoms with E-state index in [2.05, 4.69) is 15.1 Å². The van der Waals surface area contributed by atoms with Gasteiger partial charge in [-0.3, -0.25) is 19.4 Å². The van der Waals surface area contributed by atoms with Gasteiger partial charge >= 0.3 is 0 Å². The van der Waals surface area contributed by atoms with Crippen molar-refractivity contribution in [3.8, 4) is 5.75 Å². The molecule has 3 aromatic rings. The highest BCUT2D eigenvalue weighted by molar-refractivity contribution is 5.93. The molecule has 0 spiro atoms. The molecular weight excluding hydrogens is 330 g/mol. The normalized spacial score (nSPS) is 13.3. The van der Waals surface area contributed by atoms with E-state index in [-0.39, 0.29) is 5.91 Å². The molecule has 0 fully saturated rings. The second-order valence-corrected chi connectivity index (χ2v) is 6.20. The van der Waals surface area contributed by atoms with Gasteiger partial charge in [-0.25, -0.2) is 0 Å². The monoisotopic (exact) mass is 349 g/mol. The van der Waals surface area contributed by atoms with Gasteiger partial charge in [0, 0.05) is 31.6 Å². The summed E-state index contributed by atoms with van der Waals surface area (Å²) in [6.45, 7) is 1.74. The molecule has 132 valence electrons. The van der Waals surface area contributed by atoms with E-state index in [0.717, 1.165) is 29.1 Å². The van der Waals surface area contributed by atoms with E-state index in [0.29, 0.717) is 25.2 Å². The quantitative estimate of drug-likeness (QED) is 0.720. The molecule has 1 aliphatic heterocycles. The molecule has 4 rings (SSSR count). The topological polar surface area (TPSA) is 73.1 Å². The van der Waals surface area contributed by atoms with Crippen molar-refractivity contribution >= 4 is 5.91 Å². The molecule has 0 unspecified atom stereocenters. The lowest BCUT2D eigenvalue weighted by Gasteiger charge is -2.26. The predicted molar refractivity (Wildman–Crippen MR) is 94.8 cm³/mol. The van der Waals surface area contributed by atoms with Crippen LogP contribution in [-0.2, 0) is 19.5 Å². The fourth-order valence-electron chi connectivity index (χ4n) is 3.07. The van der Waals surface area contributed by atoms with Crippen molar-refractivity contribution in [2.75, 3.05) is 13.7 Å². The third-order valence-electron chi connectivity index (χ3n) is 4.49. The fraction of sp³-hybridized carbons (Fsp3) is 0.263. The average molecular weight is 349 g/mol. The van der Waals surface area contributed by atoms with Crippen molar-refractivity contribution in [3.63, 3.8) is 0 Å². The van der Waals surface area contributed by atoms with E-state index < -0.39 is 0 Å². The summed E-state index contributed by atoms with van der Waals surface area (Å²) < 4.78 is 6.94. The first-order valence-electron chi connectivity index (χ1n) is 8.46. The molecule has 1 amide bonds. The van der Waals surface area contributed by atoms with Crippen molar-refractivity contribution in [2.24, 2.45) is 0 Å². The van der Waals surface area contributed by atoms with Gasteiger partial charge in [0.2, 0.25) is 0 Å². The van der Waals surface area contributed by atoms with Crippen LogP contribution in [0.3, 0.4) is 0 Å². The highest BCUT2D eigenvalue weighted by Crippen LogP contribution is 2.17. The number of fused-ring (bicyclic) bond motifs is 1. The number of rotatable bonds is 4. The first-order valence-corrected chi connectivity index (χ1v) is 8.46. The second-order valence-electron chi connectivity index (χ2n) is 6.20. The van der Waals surface area contributed by atoms with Gasteiger partial charge in [-0.05, 0) is 17.7 Å². The number of ether oxygens (including phenoxy) is 1. The summed E-state index contributed by atoms with van der Waals surface area (Å²) in [5.74, 6) is 0.792. The maximum atomic E-state index is 12.8. The van der Waals surface area contributed by atoms with Crippen LogP contribution in [0.1, 0.15) is 27.3 Å². The first kappa shape index (κ1) is 16.3. The van der Waals surface area contributed by atoms with Gasteiger partial charge in [-0.1, -0.05) is 12.1 Å². The number of carbonyl (C=O) groups excluding carboxylic acids is 1. The van der Waals surface area contributed by atoms with E-state index >= 15 is 0 Å². The van der Waals surface area contributed by atoms with E-state index in [1.807, 2.05) is 24.3 Å². The van der Waals surface area contributed by atoms with E-state index in [1.54, 1.807) is 41.5 Å². The smallest absolute Gasteiger partial charge is 0.257 e. The van der Waals surface area contributed by atoms with Crippen LogP contribution in [0.4, 0.5) is 0 Å². The Morgan fingerprint density at radius 3 is 2.69 bits per heavy atom. The van der Waals surface area contributed by atoms with Gasteiger partial charge in [0.25, 0.3) is 5.91 Å². The molecule has 7 nitrogen and oxygen atoms in total. The lowest BCUT2D eigenvalue weighted by atomic mass is 10.1. The Kier molecular flexibility index (Phi) is 4.35. The summed E-state index contributed by atoms with van der Waals surface area (Å²) in [7, 11) is 1.64. The lowest BCUT2D eigenvalue weighted by Crippen LogP contribution is -2.36. The Balaban J connectivity index is 1.45. The minimum Gasteiger partial charge on any atom is -0.497 e. The van der Waals surface area contributed by atoms with Gasteiger partial charge in [-0.15, -0.1) is 0 Å². The molecule has 1 aromatic carbocycles. The average Bonchev–Trinajstić information content (AvgIpc) is 3.16. The number of carbonyl (C=O) groups is 1. The molecule has 0 saturated carbocycles.